The molecule has 27 heavy (non-hydrogen) atoms. The van der Waals surface area contributed by atoms with Gasteiger partial charge in [0.25, 0.3) is 5.91 Å². The highest BCUT2D eigenvalue weighted by Gasteiger charge is 2.33. The summed E-state index contributed by atoms with van der Waals surface area (Å²) in [6, 6.07) is 6.18. The number of amides is 2. The second kappa shape index (κ2) is 8.26. The van der Waals surface area contributed by atoms with Gasteiger partial charge in [-0.3, -0.25) is 9.59 Å². The van der Waals surface area contributed by atoms with Crippen molar-refractivity contribution in [2.75, 3.05) is 31.3 Å². The largest absolute Gasteiger partial charge is 0.417 e. The molecular weight excluding hydrogens is 385 g/mol. The number of carbonyl (C=O) groups excluding carboxylic acids is 2. The van der Waals surface area contributed by atoms with Gasteiger partial charge in [0.1, 0.15) is 5.82 Å². The number of aromatic nitrogens is 1. The van der Waals surface area contributed by atoms with E-state index in [0.29, 0.717) is 5.82 Å². The van der Waals surface area contributed by atoms with Crippen LogP contribution in [0.15, 0.2) is 36.5 Å². The van der Waals surface area contributed by atoms with Crippen molar-refractivity contribution in [3.63, 3.8) is 0 Å². The van der Waals surface area contributed by atoms with Crippen molar-refractivity contribution in [2.24, 2.45) is 0 Å². The molecular formula is C17H16ClF3N4O2. The second-order valence-corrected chi connectivity index (χ2v) is 5.99. The van der Waals surface area contributed by atoms with Gasteiger partial charge in [-0.15, -0.1) is 0 Å². The third-order valence-electron chi connectivity index (χ3n) is 3.55. The summed E-state index contributed by atoms with van der Waals surface area (Å²) in [5, 5.41) is 4.66. The van der Waals surface area contributed by atoms with Gasteiger partial charge >= 0.3 is 6.18 Å². The second-order valence-electron chi connectivity index (χ2n) is 5.58. The van der Waals surface area contributed by atoms with Gasteiger partial charge in [0.2, 0.25) is 5.91 Å². The number of likely N-dealkylation sites (N-methyl/N-ethyl adjacent to an activating group) is 1. The fourth-order valence-electron chi connectivity index (χ4n) is 2.20. The van der Waals surface area contributed by atoms with Crippen LogP contribution >= 0.6 is 11.6 Å². The highest BCUT2D eigenvalue weighted by Crippen LogP contribution is 2.36. The molecule has 10 heteroatoms. The zero-order chi connectivity index (χ0) is 20.2. The third-order valence-corrected chi connectivity index (χ3v) is 3.88. The fraction of sp³-hybridized carbons (Fsp3) is 0.235. The van der Waals surface area contributed by atoms with E-state index in [9.17, 15) is 22.8 Å². The summed E-state index contributed by atoms with van der Waals surface area (Å²) >= 11 is 5.54. The number of pyridine rings is 1. The maximum atomic E-state index is 12.9. The lowest BCUT2D eigenvalue weighted by atomic mass is 10.2. The molecule has 0 saturated heterocycles. The molecule has 0 aliphatic rings. The van der Waals surface area contributed by atoms with Gasteiger partial charge in [0.15, 0.2) is 0 Å². The van der Waals surface area contributed by atoms with Crippen LogP contribution in [0.4, 0.5) is 24.7 Å². The van der Waals surface area contributed by atoms with Gasteiger partial charge in [-0.1, -0.05) is 11.6 Å². The van der Waals surface area contributed by atoms with E-state index in [4.69, 9.17) is 11.6 Å². The Balaban J connectivity index is 2.03. The predicted octanol–water partition coefficient (Wildman–Crippen LogP) is 3.51. The molecule has 2 rings (SSSR count). The van der Waals surface area contributed by atoms with Crippen molar-refractivity contribution in [1.29, 1.82) is 0 Å². The molecule has 0 unspecified atom stereocenters. The number of halogens is 4. The van der Waals surface area contributed by atoms with Gasteiger partial charge in [0, 0.05) is 26.0 Å². The average Bonchev–Trinajstić information content (AvgIpc) is 2.61. The number of benzene rings is 1. The summed E-state index contributed by atoms with van der Waals surface area (Å²) in [4.78, 5) is 29.5. The molecule has 2 aromatic rings. The SMILES string of the molecule is CNc1ccc(C(=O)N(C)CC(=O)Nc2ccc(Cl)c(C(F)(F)F)c2)cn1. The first-order chi connectivity index (χ1) is 12.6. The van der Waals surface area contributed by atoms with E-state index in [-0.39, 0.29) is 17.8 Å². The third kappa shape index (κ3) is 5.33. The number of anilines is 2. The van der Waals surface area contributed by atoms with Crippen LogP contribution < -0.4 is 10.6 Å². The van der Waals surface area contributed by atoms with Crippen LogP contribution in [0.2, 0.25) is 5.02 Å². The van der Waals surface area contributed by atoms with Crippen LogP contribution in [-0.4, -0.2) is 42.3 Å². The van der Waals surface area contributed by atoms with Crippen LogP contribution in [0.5, 0.6) is 0 Å². The molecule has 6 nitrogen and oxygen atoms in total. The maximum Gasteiger partial charge on any atom is 0.417 e. The molecule has 2 amide bonds. The average molecular weight is 401 g/mol. The molecule has 0 spiro atoms. The Kier molecular flexibility index (Phi) is 6.27. The first-order valence-electron chi connectivity index (χ1n) is 7.67. The van der Waals surface area contributed by atoms with E-state index in [2.05, 4.69) is 15.6 Å². The zero-order valence-corrected chi connectivity index (χ0v) is 15.1. The molecule has 1 aromatic heterocycles. The molecule has 0 aliphatic carbocycles. The summed E-state index contributed by atoms with van der Waals surface area (Å²) < 4.78 is 38.6. The van der Waals surface area contributed by atoms with Gasteiger partial charge in [-0.2, -0.15) is 13.2 Å². The number of alkyl halides is 3. The Morgan fingerprint density at radius 1 is 1.22 bits per heavy atom. The van der Waals surface area contributed by atoms with E-state index in [0.717, 1.165) is 17.0 Å². The Morgan fingerprint density at radius 2 is 1.93 bits per heavy atom. The fourth-order valence-corrected chi connectivity index (χ4v) is 2.42. The number of hydrogen-bond donors (Lipinski definition) is 2. The number of nitrogens with zero attached hydrogens (tertiary/aromatic N) is 2. The molecule has 0 radical (unpaired) electrons. The number of hydrogen-bond acceptors (Lipinski definition) is 4. The summed E-state index contributed by atoms with van der Waals surface area (Å²) in [5.41, 5.74) is -0.852. The van der Waals surface area contributed by atoms with Gasteiger partial charge in [0.05, 0.1) is 22.7 Å². The minimum atomic E-state index is -4.64. The molecule has 2 N–H and O–H groups in total. The molecule has 144 valence electrons. The van der Waals surface area contributed by atoms with E-state index in [1.807, 2.05) is 0 Å². The predicted molar refractivity (Wildman–Crippen MR) is 95.8 cm³/mol. The molecule has 0 atom stereocenters. The van der Waals surface area contributed by atoms with Crippen molar-refractivity contribution in [1.82, 2.24) is 9.88 Å². The summed E-state index contributed by atoms with van der Waals surface area (Å²) in [5.74, 6) is -0.524. The van der Waals surface area contributed by atoms with Crippen LogP contribution in [0.3, 0.4) is 0 Å². The lowest BCUT2D eigenvalue weighted by Crippen LogP contribution is -2.35. The topological polar surface area (TPSA) is 74.3 Å². The minimum absolute atomic E-state index is 0.0717. The lowest BCUT2D eigenvalue weighted by Gasteiger charge is -2.17. The maximum absolute atomic E-state index is 12.9. The van der Waals surface area contributed by atoms with E-state index in [1.54, 1.807) is 19.2 Å². The number of nitrogens with one attached hydrogen (secondary N) is 2. The molecule has 1 aromatic carbocycles. The Hall–Kier alpha value is -2.81. The number of rotatable bonds is 5. The molecule has 0 aliphatic heterocycles. The Labute approximate surface area is 158 Å². The minimum Gasteiger partial charge on any atom is -0.373 e. The summed E-state index contributed by atoms with van der Waals surface area (Å²) in [6.07, 6.45) is -3.28. The highest BCUT2D eigenvalue weighted by atomic mass is 35.5. The van der Waals surface area contributed by atoms with E-state index < -0.39 is 28.6 Å². The van der Waals surface area contributed by atoms with Crippen molar-refractivity contribution in [3.05, 3.63) is 52.7 Å². The van der Waals surface area contributed by atoms with Crippen molar-refractivity contribution >= 4 is 34.9 Å². The zero-order valence-electron chi connectivity index (χ0n) is 14.4. The van der Waals surface area contributed by atoms with E-state index >= 15 is 0 Å². The number of carbonyl (C=O) groups is 2. The van der Waals surface area contributed by atoms with Crippen molar-refractivity contribution in [3.8, 4) is 0 Å². The monoisotopic (exact) mass is 400 g/mol. The molecule has 0 fully saturated rings. The Morgan fingerprint density at radius 3 is 2.48 bits per heavy atom. The standard InChI is InChI=1S/C17H16ClF3N4O2/c1-22-14-6-3-10(8-23-14)16(27)25(2)9-15(26)24-11-4-5-13(18)12(7-11)17(19,20)21/h3-8H,9H2,1-2H3,(H,22,23)(H,24,26). The normalized spacial score (nSPS) is 11.0. The first-order valence-corrected chi connectivity index (χ1v) is 8.05. The summed E-state index contributed by atoms with van der Waals surface area (Å²) in [7, 11) is 3.08. The summed E-state index contributed by atoms with van der Waals surface area (Å²) in [6.45, 7) is -0.351. The van der Waals surface area contributed by atoms with Crippen LogP contribution in [0.1, 0.15) is 15.9 Å². The van der Waals surface area contributed by atoms with Gasteiger partial charge in [-0.05, 0) is 30.3 Å². The van der Waals surface area contributed by atoms with Crippen LogP contribution in [0.25, 0.3) is 0 Å². The molecule has 1 heterocycles. The first kappa shape index (κ1) is 20.5. The van der Waals surface area contributed by atoms with Gasteiger partial charge in [-0.25, -0.2) is 4.98 Å². The quantitative estimate of drug-likeness (QED) is 0.805. The molecule has 0 saturated carbocycles. The van der Waals surface area contributed by atoms with Crippen molar-refractivity contribution < 1.29 is 22.8 Å². The van der Waals surface area contributed by atoms with Gasteiger partial charge < -0.3 is 15.5 Å². The lowest BCUT2D eigenvalue weighted by molar-refractivity contribution is -0.137. The van der Waals surface area contributed by atoms with Crippen LogP contribution in [0, 0.1) is 0 Å². The highest BCUT2D eigenvalue weighted by molar-refractivity contribution is 6.31. The van der Waals surface area contributed by atoms with Crippen molar-refractivity contribution in [2.45, 2.75) is 6.18 Å². The molecule has 0 bridgehead atoms. The smallest absolute Gasteiger partial charge is 0.373 e. The van der Waals surface area contributed by atoms with Crippen LogP contribution in [-0.2, 0) is 11.0 Å². The van der Waals surface area contributed by atoms with E-state index in [1.165, 1.54) is 19.3 Å². The Bertz CT molecular complexity index is 841.